The summed E-state index contributed by atoms with van der Waals surface area (Å²) in [7, 11) is 0. The molecule has 1 N–H and O–H groups in total. The lowest BCUT2D eigenvalue weighted by Crippen LogP contribution is -2.18. The number of rotatable bonds is 1. The van der Waals surface area contributed by atoms with E-state index in [1.54, 1.807) is 6.07 Å². The number of para-hydroxylation sites is 1. The Kier molecular flexibility index (Phi) is 2.82. The van der Waals surface area contributed by atoms with Crippen LogP contribution in [0.1, 0.15) is 39.0 Å². The van der Waals surface area contributed by atoms with Crippen LogP contribution in [0.15, 0.2) is 29.1 Å². The van der Waals surface area contributed by atoms with E-state index < -0.39 is 0 Å². The van der Waals surface area contributed by atoms with Crippen molar-refractivity contribution in [1.82, 2.24) is 4.98 Å². The topological polar surface area (TPSA) is 32.9 Å². The van der Waals surface area contributed by atoms with Crippen LogP contribution in [0.3, 0.4) is 0 Å². The highest BCUT2D eigenvalue weighted by Crippen LogP contribution is 2.22. The second-order valence-corrected chi connectivity index (χ2v) is 5.49. The molecule has 2 aromatic rings. The maximum absolute atomic E-state index is 12.1. The van der Waals surface area contributed by atoms with Crippen LogP contribution < -0.4 is 5.43 Å². The fraction of sp³-hybridized carbons (Fsp3) is 0.400. The number of aryl methyl sites for hydroxylation is 1. The number of hydrogen-bond acceptors (Lipinski definition) is 1. The van der Waals surface area contributed by atoms with Crippen LogP contribution in [-0.4, -0.2) is 4.98 Å². The van der Waals surface area contributed by atoms with Crippen molar-refractivity contribution >= 4 is 10.9 Å². The number of nitrogens with one attached hydrogen (secondary N) is 1. The van der Waals surface area contributed by atoms with Gasteiger partial charge in [0.15, 0.2) is 5.43 Å². The van der Waals surface area contributed by atoms with Crippen molar-refractivity contribution in [1.29, 1.82) is 0 Å². The van der Waals surface area contributed by atoms with Gasteiger partial charge in [-0.1, -0.05) is 39.8 Å². The molecular formula is C15H19NO. The lowest BCUT2D eigenvalue weighted by atomic mass is 9.91. The van der Waals surface area contributed by atoms with Gasteiger partial charge in [0.2, 0.25) is 0 Å². The first-order valence-corrected chi connectivity index (χ1v) is 6.09. The molecule has 1 aromatic heterocycles. The van der Waals surface area contributed by atoms with Crippen LogP contribution in [-0.2, 0) is 11.8 Å². The summed E-state index contributed by atoms with van der Waals surface area (Å²) in [4.78, 5) is 15.5. The average Bonchev–Trinajstić information content (AvgIpc) is 2.27. The fourth-order valence-electron chi connectivity index (χ4n) is 2.03. The van der Waals surface area contributed by atoms with Gasteiger partial charge in [-0.25, -0.2) is 0 Å². The largest absolute Gasteiger partial charge is 0.358 e. The lowest BCUT2D eigenvalue weighted by molar-refractivity contribution is 0.571. The minimum atomic E-state index is -0.0335. The van der Waals surface area contributed by atoms with Crippen molar-refractivity contribution in [2.75, 3.05) is 0 Å². The Bertz CT molecular complexity index is 602. The molecule has 0 bridgehead atoms. The maximum atomic E-state index is 12.1. The molecule has 0 spiro atoms. The summed E-state index contributed by atoms with van der Waals surface area (Å²) in [5.41, 5.74) is 3.27. The third-order valence-electron chi connectivity index (χ3n) is 3.14. The van der Waals surface area contributed by atoms with E-state index in [4.69, 9.17) is 0 Å². The molecule has 0 aliphatic rings. The molecule has 0 atom stereocenters. The molecule has 0 aliphatic carbocycles. The molecule has 1 heterocycles. The number of aromatic nitrogens is 1. The van der Waals surface area contributed by atoms with Crippen molar-refractivity contribution in [2.24, 2.45) is 0 Å². The predicted octanol–water partition coefficient (Wildman–Crippen LogP) is 3.39. The van der Waals surface area contributed by atoms with Gasteiger partial charge >= 0.3 is 0 Å². The van der Waals surface area contributed by atoms with Gasteiger partial charge in [0.25, 0.3) is 0 Å². The van der Waals surface area contributed by atoms with Crippen LogP contribution in [0, 0.1) is 0 Å². The van der Waals surface area contributed by atoms with Gasteiger partial charge in [-0.05, 0) is 18.1 Å². The van der Waals surface area contributed by atoms with Crippen LogP contribution in [0.5, 0.6) is 0 Å². The van der Waals surface area contributed by atoms with E-state index in [9.17, 15) is 4.79 Å². The Morgan fingerprint density at radius 1 is 1.24 bits per heavy atom. The Morgan fingerprint density at radius 2 is 1.94 bits per heavy atom. The zero-order valence-electron chi connectivity index (χ0n) is 10.9. The third kappa shape index (κ3) is 2.12. The molecule has 0 amide bonds. The minimum absolute atomic E-state index is 0.0335. The molecular weight excluding hydrogens is 210 g/mol. The number of aromatic amines is 1. The lowest BCUT2D eigenvalue weighted by Gasteiger charge is -2.19. The van der Waals surface area contributed by atoms with E-state index in [-0.39, 0.29) is 10.8 Å². The van der Waals surface area contributed by atoms with Crippen molar-refractivity contribution in [2.45, 2.75) is 39.5 Å². The molecule has 0 unspecified atom stereocenters. The van der Waals surface area contributed by atoms with Crippen LogP contribution in [0.25, 0.3) is 10.9 Å². The Morgan fingerprint density at radius 3 is 2.53 bits per heavy atom. The highest BCUT2D eigenvalue weighted by molar-refractivity contribution is 5.81. The smallest absolute Gasteiger partial charge is 0.189 e. The number of H-pyrrole nitrogens is 1. The summed E-state index contributed by atoms with van der Waals surface area (Å²) >= 11 is 0. The fourth-order valence-corrected chi connectivity index (χ4v) is 2.03. The standard InChI is InChI=1S/C15H19NO/c1-5-10-7-6-8-11-12(17)9-13(15(2,3)4)16-14(10)11/h6-9H,5H2,1-4H3,(H,16,17). The molecule has 0 aliphatic heterocycles. The first kappa shape index (κ1) is 11.9. The molecule has 0 radical (unpaired) electrons. The van der Waals surface area contributed by atoms with Gasteiger partial charge in [0.1, 0.15) is 0 Å². The third-order valence-corrected chi connectivity index (χ3v) is 3.14. The Hall–Kier alpha value is -1.57. The van der Waals surface area contributed by atoms with Gasteiger partial charge in [-0.15, -0.1) is 0 Å². The molecule has 2 nitrogen and oxygen atoms in total. The molecule has 0 saturated carbocycles. The number of fused-ring (bicyclic) bond motifs is 1. The maximum Gasteiger partial charge on any atom is 0.189 e. The van der Waals surface area contributed by atoms with Gasteiger partial charge in [-0.3, -0.25) is 4.79 Å². The normalized spacial score (nSPS) is 12.0. The van der Waals surface area contributed by atoms with E-state index in [1.807, 2.05) is 12.1 Å². The number of benzene rings is 1. The van der Waals surface area contributed by atoms with Crippen molar-refractivity contribution in [3.05, 3.63) is 45.7 Å². The zero-order chi connectivity index (χ0) is 12.6. The van der Waals surface area contributed by atoms with E-state index >= 15 is 0 Å². The average molecular weight is 229 g/mol. The van der Waals surface area contributed by atoms with Crippen LogP contribution in [0.2, 0.25) is 0 Å². The van der Waals surface area contributed by atoms with Gasteiger partial charge in [0, 0.05) is 22.6 Å². The highest BCUT2D eigenvalue weighted by Gasteiger charge is 2.16. The van der Waals surface area contributed by atoms with Crippen LogP contribution >= 0.6 is 0 Å². The first-order valence-electron chi connectivity index (χ1n) is 6.09. The SMILES string of the molecule is CCc1cccc2c(=O)cc(C(C)(C)C)[nH]c12. The predicted molar refractivity (Wildman–Crippen MR) is 72.6 cm³/mol. The van der Waals surface area contributed by atoms with E-state index in [0.29, 0.717) is 0 Å². The zero-order valence-corrected chi connectivity index (χ0v) is 10.9. The molecule has 2 heteroatoms. The second-order valence-electron chi connectivity index (χ2n) is 5.49. The number of pyridine rings is 1. The Labute approximate surface area is 102 Å². The van der Waals surface area contributed by atoms with E-state index in [0.717, 1.165) is 23.0 Å². The summed E-state index contributed by atoms with van der Waals surface area (Å²) in [5, 5.41) is 0.789. The highest BCUT2D eigenvalue weighted by atomic mass is 16.1. The summed E-state index contributed by atoms with van der Waals surface area (Å²) in [6, 6.07) is 7.64. The molecule has 2 rings (SSSR count). The van der Waals surface area contributed by atoms with Crippen molar-refractivity contribution < 1.29 is 0 Å². The van der Waals surface area contributed by atoms with Gasteiger partial charge < -0.3 is 4.98 Å². The summed E-state index contributed by atoms with van der Waals surface area (Å²) in [5.74, 6) is 0. The van der Waals surface area contributed by atoms with Gasteiger partial charge in [-0.2, -0.15) is 0 Å². The second kappa shape index (κ2) is 4.02. The summed E-state index contributed by atoms with van der Waals surface area (Å²) < 4.78 is 0. The summed E-state index contributed by atoms with van der Waals surface area (Å²) in [6.07, 6.45) is 0.931. The van der Waals surface area contributed by atoms with Crippen molar-refractivity contribution in [3.8, 4) is 0 Å². The molecule has 90 valence electrons. The van der Waals surface area contributed by atoms with Crippen molar-refractivity contribution in [3.63, 3.8) is 0 Å². The minimum Gasteiger partial charge on any atom is -0.358 e. The molecule has 17 heavy (non-hydrogen) atoms. The summed E-state index contributed by atoms with van der Waals surface area (Å²) in [6.45, 7) is 8.44. The Balaban J connectivity index is 2.84. The molecule has 0 fully saturated rings. The van der Waals surface area contributed by atoms with Crippen LogP contribution in [0.4, 0.5) is 0 Å². The van der Waals surface area contributed by atoms with E-state index in [2.05, 4.69) is 38.7 Å². The number of hydrogen-bond donors (Lipinski definition) is 1. The molecule has 0 saturated heterocycles. The van der Waals surface area contributed by atoms with Gasteiger partial charge in [0.05, 0.1) is 5.52 Å². The van der Waals surface area contributed by atoms with E-state index in [1.165, 1.54) is 5.56 Å². The first-order chi connectivity index (χ1) is 7.93. The quantitative estimate of drug-likeness (QED) is 0.798. The molecule has 1 aromatic carbocycles. The monoisotopic (exact) mass is 229 g/mol.